The summed E-state index contributed by atoms with van der Waals surface area (Å²) in [6, 6.07) is 17.7. The lowest BCUT2D eigenvalue weighted by atomic mass is 9.91. The van der Waals surface area contributed by atoms with Gasteiger partial charge in [0.2, 0.25) is 0 Å². The molecule has 2 aliphatic rings. The zero-order valence-electron chi connectivity index (χ0n) is 15.5. The summed E-state index contributed by atoms with van der Waals surface area (Å²) in [5.41, 5.74) is 14.1. The molecular formula is C23H26ClN3. The zero-order valence-corrected chi connectivity index (χ0v) is 16.3. The molecule has 3 nitrogen and oxygen atoms in total. The summed E-state index contributed by atoms with van der Waals surface area (Å²) < 4.78 is 0. The summed E-state index contributed by atoms with van der Waals surface area (Å²) in [5.74, 6) is 0. The summed E-state index contributed by atoms with van der Waals surface area (Å²) >= 11 is 0. The van der Waals surface area contributed by atoms with E-state index in [2.05, 4.69) is 53.4 Å². The molecule has 0 bridgehead atoms. The maximum Gasteiger partial charge on any atom is 0.0726 e. The average molecular weight is 380 g/mol. The fraction of sp³-hybridized carbons (Fsp3) is 0.348. The SMILES string of the molecule is Cl.NC1CCN(c2c3c(nc4ccc(-c5ccccc5)cc24)CCCC3)C1. The number of pyridine rings is 1. The monoisotopic (exact) mass is 379 g/mol. The van der Waals surface area contributed by atoms with Crippen molar-refractivity contribution < 1.29 is 0 Å². The van der Waals surface area contributed by atoms with Crippen LogP contribution >= 0.6 is 12.4 Å². The van der Waals surface area contributed by atoms with Crippen molar-refractivity contribution in [2.75, 3.05) is 18.0 Å². The predicted octanol–water partition coefficient (Wildman–Crippen LogP) is 4.74. The topological polar surface area (TPSA) is 42.1 Å². The highest BCUT2D eigenvalue weighted by Gasteiger charge is 2.26. The minimum absolute atomic E-state index is 0. The number of benzene rings is 2. The first kappa shape index (κ1) is 18.3. The summed E-state index contributed by atoms with van der Waals surface area (Å²) in [4.78, 5) is 7.57. The lowest BCUT2D eigenvalue weighted by molar-refractivity contribution is 0.668. The minimum atomic E-state index is 0. The Labute approximate surface area is 167 Å². The molecule has 5 rings (SSSR count). The summed E-state index contributed by atoms with van der Waals surface area (Å²) in [6.45, 7) is 2.02. The second-order valence-corrected chi connectivity index (χ2v) is 7.69. The van der Waals surface area contributed by atoms with Gasteiger partial charge in [0, 0.05) is 30.2 Å². The van der Waals surface area contributed by atoms with E-state index >= 15 is 0 Å². The quantitative estimate of drug-likeness (QED) is 0.699. The van der Waals surface area contributed by atoms with Gasteiger partial charge in [-0.15, -0.1) is 12.4 Å². The van der Waals surface area contributed by atoms with Crippen molar-refractivity contribution in [1.29, 1.82) is 0 Å². The van der Waals surface area contributed by atoms with Gasteiger partial charge >= 0.3 is 0 Å². The van der Waals surface area contributed by atoms with Gasteiger partial charge in [0.25, 0.3) is 0 Å². The third kappa shape index (κ3) is 3.30. The Kier molecular flexibility index (Phi) is 5.07. The van der Waals surface area contributed by atoms with Crippen LogP contribution in [0.15, 0.2) is 48.5 Å². The number of hydrogen-bond donors (Lipinski definition) is 1. The van der Waals surface area contributed by atoms with Crippen molar-refractivity contribution in [3.8, 4) is 11.1 Å². The molecular weight excluding hydrogens is 354 g/mol. The molecule has 4 heteroatoms. The van der Waals surface area contributed by atoms with Crippen molar-refractivity contribution >= 4 is 29.0 Å². The first-order valence-electron chi connectivity index (χ1n) is 9.81. The maximum atomic E-state index is 6.25. The van der Waals surface area contributed by atoms with Gasteiger partial charge in [-0.3, -0.25) is 4.98 Å². The Morgan fingerprint density at radius 3 is 2.56 bits per heavy atom. The molecule has 3 aromatic rings. The normalized spacial score (nSPS) is 19.0. The van der Waals surface area contributed by atoms with E-state index in [1.165, 1.54) is 46.3 Å². The number of nitrogens with two attached hydrogens (primary N) is 1. The van der Waals surface area contributed by atoms with E-state index in [1.54, 1.807) is 0 Å². The third-order valence-corrected chi connectivity index (χ3v) is 5.88. The molecule has 1 saturated heterocycles. The van der Waals surface area contributed by atoms with Gasteiger partial charge in [0.1, 0.15) is 0 Å². The van der Waals surface area contributed by atoms with Gasteiger partial charge in [-0.2, -0.15) is 0 Å². The van der Waals surface area contributed by atoms with Crippen LogP contribution in [-0.2, 0) is 12.8 Å². The van der Waals surface area contributed by atoms with Crippen LogP contribution in [0, 0.1) is 0 Å². The molecule has 1 aliphatic carbocycles. The first-order valence-corrected chi connectivity index (χ1v) is 9.81. The molecule has 1 unspecified atom stereocenters. The van der Waals surface area contributed by atoms with Gasteiger partial charge in [-0.25, -0.2) is 0 Å². The number of rotatable bonds is 2. The molecule has 0 radical (unpaired) electrons. The van der Waals surface area contributed by atoms with Crippen LogP contribution in [0.5, 0.6) is 0 Å². The Balaban J connectivity index is 0.00000180. The Bertz CT molecular complexity index is 955. The Morgan fingerprint density at radius 2 is 1.78 bits per heavy atom. The molecule has 1 atom stereocenters. The van der Waals surface area contributed by atoms with Gasteiger partial charge in [0.05, 0.1) is 11.2 Å². The summed E-state index contributed by atoms with van der Waals surface area (Å²) in [6.07, 6.45) is 5.86. The molecule has 0 spiro atoms. The van der Waals surface area contributed by atoms with E-state index in [0.29, 0.717) is 0 Å². The smallest absolute Gasteiger partial charge is 0.0726 e. The average Bonchev–Trinajstić information content (AvgIpc) is 3.12. The molecule has 1 fully saturated rings. The summed E-state index contributed by atoms with van der Waals surface area (Å²) in [7, 11) is 0. The van der Waals surface area contributed by atoms with E-state index in [-0.39, 0.29) is 18.4 Å². The Hall–Kier alpha value is -2.10. The van der Waals surface area contributed by atoms with E-state index in [1.807, 2.05) is 0 Å². The highest BCUT2D eigenvalue weighted by molar-refractivity contribution is 5.97. The zero-order chi connectivity index (χ0) is 17.5. The van der Waals surface area contributed by atoms with Crippen LogP contribution in [-0.4, -0.2) is 24.1 Å². The fourth-order valence-electron chi connectivity index (χ4n) is 4.56. The van der Waals surface area contributed by atoms with Gasteiger partial charge in [-0.05, 0) is 60.9 Å². The molecule has 27 heavy (non-hydrogen) atoms. The highest BCUT2D eigenvalue weighted by Crippen LogP contribution is 2.38. The number of anilines is 1. The lowest BCUT2D eigenvalue weighted by Crippen LogP contribution is -2.28. The number of halogens is 1. The second-order valence-electron chi connectivity index (χ2n) is 7.69. The molecule has 2 aromatic carbocycles. The number of nitrogens with zero attached hydrogens (tertiary/aromatic N) is 2. The molecule has 0 saturated carbocycles. The van der Waals surface area contributed by atoms with E-state index < -0.39 is 0 Å². The summed E-state index contributed by atoms with van der Waals surface area (Å²) in [5, 5.41) is 1.29. The van der Waals surface area contributed by atoms with Gasteiger partial charge in [0.15, 0.2) is 0 Å². The highest BCUT2D eigenvalue weighted by atomic mass is 35.5. The number of aryl methyl sites for hydroxylation is 1. The molecule has 2 N–H and O–H groups in total. The van der Waals surface area contributed by atoms with Crippen LogP contribution in [0.3, 0.4) is 0 Å². The van der Waals surface area contributed by atoms with Crippen molar-refractivity contribution in [3.63, 3.8) is 0 Å². The number of aromatic nitrogens is 1. The van der Waals surface area contributed by atoms with Crippen molar-refractivity contribution in [2.45, 2.75) is 38.1 Å². The van der Waals surface area contributed by atoms with E-state index in [4.69, 9.17) is 10.7 Å². The van der Waals surface area contributed by atoms with Crippen molar-refractivity contribution in [1.82, 2.24) is 4.98 Å². The van der Waals surface area contributed by atoms with Crippen molar-refractivity contribution in [3.05, 3.63) is 59.8 Å². The molecule has 0 amide bonds. The number of fused-ring (bicyclic) bond motifs is 2. The van der Waals surface area contributed by atoms with E-state index in [0.717, 1.165) is 37.9 Å². The minimum Gasteiger partial charge on any atom is -0.369 e. The van der Waals surface area contributed by atoms with Gasteiger partial charge in [-0.1, -0.05) is 36.4 Å². The predicted molar refractivity (Wildman–Crippen MR) is 116 cm³/mol. The molecule has 1 aromatic heterocycles. The lowest BCUT2D eigenvalue weighted by Gasteiger charge is -2.28. The first-order chi connectivity index (χ1) is 12.8. The maximum absolute atomic E-state index is 6.25. The van der Waals surface area contributed by atoms with E-state index in [9.17, 15) is 0 Å². The van der Waals surface area contributed by atoms with Gasteiger partial charge < -0.3 is 10.6 Å². The second kappa shape index (κ2) is 7.49. The van der Waals surface area contributed by atoms with Crippen LogP contribution in [0.4, 0.5) is 5.69 Å². The third-order valence-electron chi connectivity index (χ3n) is 5.88. The Morgan fingerprint density at radius 1 is 0.963 bits per heavy atom. The van der Waals surface area contributed by atoms with Crippen LogP contribution in [0.2, 0.25) is 0 Å². The largest absolute Gasteiger partial charge is 0.369 e. The number of hydrogen-bond acceptors (Lipinski definition) is 3. The van der Waals surface area contributed by atoms with Crippen molar-refractivity contribution in [2.24, 2.45) is 5.73 Å². The standard InChI is InChI=1S/C23H25N3.ClH/c24-18-12-13-26(15-18)23-19-8-4-5-9-21(19)25-22-11-10-17(14-20(22)23)16-6-2-1-3-7-16;/h1-3,6-7,10-11,14,18H,4-5,8-9,12-13,15,24H2;1H. The van der Waals surface area contributed by atoms with Crippen LogP contribution < -0.4 is 10.6 Å². The molecule has 2 heterocycles. The molecule has 1 aliphatic heterocycles. The fourth-order valence-corrected chi connectivity index (χ4v) is 4.56. The molecule has 140 valence electrons. The van der Waals surface area contributed by atoms with Crippen LogP contribution in [0.25, 0.3) is 22.0 Å². The van der Waals surface area contributed by atoms with Crippen LogP contribution in [0.1, 0.15) is 30.5 Å².